The molecule has 8 heteroatoms. The molecule has 0 saturated heterocycles. The van der Waals surface area contributed by atoms with Crippen molar-refractivity contribution in [1.29, 1.82) is 0 Å². The number of hydrogen-bond acceptors (Lipinski definition) is 5. The van der Waals surface area contributed by atoms with Crippen molar-refractivity contribution in [2.24, 2.45) is 5.14 Å². The number of amides is 1. The van der Waals surface area contributed by atoms with E-state index in [1.807, 2.05) is 32.9 Å². The van der Waals surface area contributed by atoms with E-state index in [1.54, 1.807) is 25.1 Å². The molecule has 1 amide bonds. The van der Waals surface area contributed by atoms with Crippen LogP contribution in [0.5, 0.6) is 5.75 Å². The number of rotatable bonds is 6. The monoisotopic (exact) mass is 391 g/mol. The number of anilines is 2. The lowest BCUT2D eigenvalue weighted by Crippen LogP contribution is -2.23. The Kier molecular flexibility index (Phi) is 6.12. The fourth-order valence-corrected chi connectivity index (χ4v) is 3.44. The second kappa shape index (κ2) is 7.98. The Morgan fingerprint density at radius 1 is 1.11 bits per heavy atom. The average Bonchev–Trinajstić information content (AvgIpc) is 2.52. The summed E-state index contributed by atoms with van der Waals surface area (Å²) in [5, 5.41) is 7.88. The van der Waals surface area contributed by atoms with Gasteiger partial charge in [0.15, 0.2) is 6.61 Å². The minimum atomic E-state index is -3.88. The Morgan fingerprint density at radius 2 is 1.70 bits per heavy atom. The van der Waals surface area contributed by atoms with E-state index in [0.29, 0.717) is 17.1 Å². The smallest absolute Gasteiger partial charge is 0.262 e. The van der Waals surface area contributed by atoms with Crippen molar-refractivity contribution in [2.45, 2.75) is 25.7 Å². The van der Waals surface area contributed by atoms with E-state index >= 15 is 0 Å². The van der Waals surface area contributed by atoms with Gasteiger partial charge >= 0.3 is 0 Å². The first-order chi connectivity index (χ1) is 12.5. The van der Waals surface area contributed by atoms with Gasteiger partial charge < -0.3 is 15.0 Å². The largest absolute Gasteiger partial charge is 0.483 e. The molecule has 0 bridgehead atoms. The topological polar surface area (TPSA) is 102 Å². The van der Waals surface area contributed by atoms with Gasteiger partial charge in [0.2, 0.25) is 10.0 Å². The van der Waals surface area contributed by atoms with Crippen LogP contribution in [0.4, 0.5) is 11.4 Å². The summed E-state index contributed by atoms with van der Waals surface area (Å²) in [5.74, 6) is 0.269. The van der Waals surface area contributed by atoms with Crippen LogP contribution < -0.4 is 20.1 Å². The van der Waals surface area contributed by atoms with Crippen LogP contribution in [-0.2, 0) is 14.8 Å². The molecule has 2 rings (SSSR count). The molecule has 0 aliphatic carbocycles. The molecule has 27 heavy (non-hydrogen) atoms. The van der Waals surface area contributed by atoms with Gasteiger partial charge in [-0.2, -0.15) is 0 Å². The Labute approximate surface area is 160 Å². The maximum absolute atomic E-state index is 12.4. The minimum absolute atomic E-state index is 0.0745. The molecule has 0 spiro atoms. The first kappa shape index (κ1) is 20.7. The van der Waals surface area contributed by atoms with Crippen molar-refractivity contribution in [3.05, 3.63) is 47.0 Å². The summed E-state index contributed by atoms with van der Waals surface area (Å²) >= 11 is 0. The number of nitrogens with zero attached hydrogens (tertiary/aromatic N) is 1. The number of nitrogens with one attached hydrogen (secondary N) is 1. The van der Waals surface area contributed by atoms with E-state index in [0.717, 1.165) is 16.7 Å². The number of carbonyl (C=O) groups is 1. The number of primary sulfonamides is 1. The number of hydrogen-bond donors (Lipinski definition) is 2. The van der Waals surface area contributed by atoms with Crippen molar-refractivity contribution in [1.82, 2.24) is 0 Å². The molecule has 0 saturated carbocycles. The van der Waals surface area contributed by atoms with Crippen LogP contribution >= 0.6 is 0 Å². The lowest BCUT2D eigenvalue weighted by molar-refractivity contribution is -0.118. The number of carbonyl (C=O) groups excluding carboxylic acids is 1. The Balaban J connectivity index is 2.20. The minimum Gasteiger partial charge on any atom is -0.483 e. The standard InChI is InChI=1S/C19H25N3O4S/c1-12-8-13(2)19(14(3)9-12)26-11-18(23)21-16-10-15(27(20,24)25)6-7-17(16)22(4)5/h6-10H,11H2,1-5H3,(H,21,23)(H2,20,24,25). The number of nitrogens with two attached hydrogens (primary N) is 1. The van der Waals surface area contributed by atoms with Crippen molar-refractivity contribution in [3.8, 4) is 5.75 Å². The average molecular weight is 391 g/mol. The lowest BCUT2D eigenvalue weighted by Gasteiger charge is -2.19. The maximum Gasteiger partial charge on any atom is 0.262 e. The van der Waals surface area contributed by atoms with E-state index in [4.69, 9.17) is 9.88 Å². The Bertz CT molecular complexity index is 946. The van der Waals surface area contributed by atoms with Crippen molar-refractivity contribution in [3.63, 3.8) is 0 Å². The van der Waals surface area contributed by atoms with Gasteiger partial charge in [0.1, 0.15) is 5.75 Å². The zero-order valence-electron chi connectivity index (χ0n) is 16.2. The summed E-state index contributed by atoms with van der Waals surface area (Å²) in [7, 11) is -0.298. The third kappa shape index (κ3) is 5.21. The number of sulfonamides is 1. The lowest BCUT2D eigenvalue weighted by atomic mass is 10.1. The van der Waals surface area contributed by atoms with Crippen LogP contribution in [0.15, 0.2) is 35.2 Å². The Hall–Kier alpha value is -2.58. The van der Waals surface area contributed by atoms with E-state index < -0.39 is 15.9 Å². The SMILES string of the molecule is Cc1cc(C)c(OCC(=O)Nc2cc(S(N)(=O)=O)ccc2N(C)C)c(C)c1. The summed E-state index contributed by atoms with van der Waals surface area (Å²) in [6.07, 6.45) is 0. The van der Waals surface area contributed by atoms with Gasteiger partial charge in [0.25, 0.3) is 5.91 Å². The first-order valence-corrected chi connectivity index (χ1v) is 9.88. The second-order valence-corrected chi connectivity index (χ2v) is 8.24. The van der Waals surface area contributed by atoms with Gasteiger partial charge in [-0.1, -0.05) is 17.7 Å². The summed E-state index contributed by atoms with van der Waals surface area (Å²) in [4.78, 5) is 14.1. The molecular weight excluding hydrogens is 366 g/mol. The Morgan fingerprint density at radius 3 is 2.22 bits per heavy atom. The molecule has 0 aromatic heterocycles. The molecule has 7 nitrogen and oxygen atoms in total. The quantitative estimate of drug-likeness (QED) is 0.787. The predicted molar refractivity (Wildman–Crippen MR) is 107 cm³/mol. The number of aryl methyl sites for hydroxylation is 3. The molecular formula is C19H25N3O4S. The molecule has 0 aliphatic heterocycles. The van der Waals surface area contributed by atoms with Gasteiger partial charge in [-0.05, 0) is 50.1 Å². The van der Waals surface area contributed by atoms with Crippen LogP contribution in [-0.4, -0.2) is 35.0 Å². The maximum atomic E-state index is 12.4. The summed E-state index contributed by atoms with van der Waals surface area (Å²) < 4.78 is 28.9. The molecule has 2 aromatic carbocycles. The highest BCUT2D eigenvalue weighted by Crippen LogP contribution is 2.28. The molecule has 2 aromatic rings. The summed E-state index contributed by atoms with van der Waals surface area (Å²) in [5.41, 5.74) is 4.02. The molecule has 0 heterocycles. The predicted octanol–water partition coefficient (Wildman–Crippen LogP) is 2.34. The molecule has 0 atom stereocenters. The molecule has 0 radical (unpaired) electrons. The fourth-order valence-electron chi connectivity index (χ4n) is 2.90. The normalized spacial score (nSPS) is 11.2. The van der Waals surface area contributed by atoms with Gasteiger partial charge in [-0.25, -0.2) is 13.6 Å². The van der Waals surface area contributed by atoms with Gasteiger partial charge in [0.05, 0.1) is 16.3 Å². The highest BCUT2D eigenvalue weighted by atomic mass is 32.2. The van der Waals surface area contributed by atoms with Gasteiger partial charge in [-0.15, -0.1) is 0 Å². The van der Waals surface area contributed by atoms with E-state index in [1.165, 1.54) is 12.1 Å². The highest BCUT2D eigenvalue weighted by Gasteiger charge is 2.15. The van der Waals surface area contributed by atoms with E-state index in [2.05, 4.69) is 5.32 Å². The zero-order valence-corrected chi connectivity index (χ0v) is 17.0. The van der Waals surface area contributed by atoms with Crippen molar-refractivity contribution >= 4 is 27.3 Å². The number of ether oxygens (including phenoxy) is 1. The van der Waals surface area contributed by atoms with Crippen LogP contribution in [0.3, 0.4) is 0 Å². The van der Waals surface area contributed by atoms with Gasteiger partial charge in [-0.3, -0.25) is 4.79 Å². The number of benzene rings is 2. The van der Waals surface area contributed by atoms with Crippen LogP contribution in [0.2, 0.25) is 0 Å². The van der Waals surface area contributed by atoms with Crippen molar-refractivity contribution < 1.29 is 17.9 Å². The van der Waals surface area contributed by atoms with E-state index in [9.17, 15) is 13.2 Å². The summed E-state index contributed by atoms with van der Waals surface area (Å²) in [6, 6.07) is 8.30. The van der Waals surface area contributed by atoms with Crippen LogP contribution in [0, 0.1) is 20.8 Å². The summed E-state index contributed by atoms with van der Waals surface area (Å²) in [6.45, 7) is 5.65. The highest BCUT2D eigenvalue weighted by molar-refractivity contribution is 7.89. The molecule has 146 valence electrons. The second-order valence-electron chi connectivity index (χ2n) is 6.68. The zero-order chi connectivity index (χ0) is 20.4. The van der Waals surface area contributed by atoms with Crippen LogP contribution in [0.1, 0.15) is 16.7 Å². The van der Waals surface area contributed by atoms with Crippen molar-refractivity contribution in [2.75, 3.05) is 30.9 Å². The van der Waals surface area contributed by atoms with Crippen LogP contribution in [0.25, 0.3) is 0 Å². The third-order valence-electron chi connectivity index (χ3n) is 4.00. The third-order valence-corrected chi connectivity index (χ3v) is 4.92. The van der Waals surface area contributed by atoms with Gasteiger partial charge in [0, 0.05) is 14.1 Å². The first-order valence-electron chi connectivity index (χ1n) is 8.33. The molecule has 3 N–H and O–H groups in total. The fraction of sp³-hybridized carbons (Fsp3) is 0.316. The van der Waals surface area contributed by atoms with E-state index in [-0.39, 0.29) is 11.5 Å². The molecule has 0 unspecified atom stereocenters. The molecule has 0 fully saturated rings. The molecule has 0 aliphatic rings.